The molecule has 2 atom stereocenters. The summed E-state index contributed by atoms with van der Waals surface area (Å²) in [4.78, 5) is 11.9. The molecule has 13 heteroatoms. The molecule has 188 valence electrons. The number of anilines is 1. The molecule has 1 heterocycles. The number of carbonyl (C=O) groups excluding carboxylic acids is 1. The molecule has 0 radical (unpaired) electrons. The molecule has 1 aliphatic rings. The highest BCUT2D eigenvalue weighted by Gasteiger charge is 2.51. The van der Waals surface area contributed by atoms with Gasteiger partial charge >= 0.3 is 18.4 Å². The van der Waals surface area contributed by atoms with Gasteiger partial charge in [0.25, 0.3) is 0 Å². The molecule has 2 unspecified atom stereocenters. The van der Waals surface area contributed by atoms with Gasteiger partial charge in [-0.3, -0.25) is 0 Å². The van der Waals surface area contributed by atoms with Crippen molar-refractivity contribution in [2.45, 2.75) is 31.2 Å². The van der Waals surface area contributed by atoms with Crippen LogP contribution < -0.4 is 20.3 Å². The summed E-state index contributed by atoms with van der Waals surface area (Å²) in [7, 11) is 1.47. The van der Waals surface area contributed by atoms with E-state index >= 15 is 0 Å². The number of hydrogen-bond donors (Lipinski definition) is 2. The SMILES string of the molecule is CNC(=O)NCc1ccc(OCC2CN(c3ccc(C#N)c(C(F)(F)F)c3)C(C(F)(F)F)O2)cc1. The van der Waals surface area contributed by atoms with Crippen molar-refractivity contribution in [3.05, 3.63) is 59.2 Å². The predicted octanol–water partition coefficient (Wildman–Crippen LogP) is 4.18. The number of hydrogen-bond acceptors (Lipinski definition) is 5. The van der Waals surface area contributed by atoms with E-state index in [0.29, 0.717) is 16.7 Å². The highest BCUT2D eigenvalue weighted by molar-refractivity contribution is 5.73. The van der Waals surface area contributed by atoms with Gasteiger partial charge in [0.05, 0.1) is 23.7 Å². The summed E-state index contributed by atoms with van der Waals surface area (Å²) in [6.45, 7) is -0.429. The number of nitrogens with zero attached hydrogens (tertiary/aromatic N) is 2. The zero-order chi connectivity index (χ0) is 25.8. The molecule has 7 nitrogen and oxygen atoms in total. The van der Waals surface area contributed by atoms with Crippen LogP contribution in [0, 0.1) is 11.3 Å². The molecule has 3 rings (SSSR count). The van der Waals surface area contributed by atoms with Crippen molar-refractivity contribution in [3.63, 3.8) is 0 Å². The molecule has 0 bridgehead atoms. The van der Waals surface area contributed by atoms with Gasteiger partial charge in [0, 0.05) is 19.3 Å². The van der Waals surface area contributed by atoms with E-state index in [4.69, 9.17) is 14.7 Å². The molecule has 2 amide bonds. The summed E-state index contributed by atoms with van der Waals surface area (Å²) in [5.74, 6) is 0.331. The summed E-state index contributed by atoms with van der Waals surface area (Å²) < 4.78 is 91.2. The lowest BCUT2D eigenvalue weighted by Crippen LogP contribution is -2.42. The van der Waals surface area contributed by atoms with E-state index in [-0.39, 0.29) is 31.4 Å². The van der Waals surface area contributed by atoms with Gasteiger partial charge in [-0.15, -0.1) is 0 Å². The summed E-state index contributed by atoms with van der Waals surface area (Å²) in [5.41, 5.74) is -1.65. The maximum absolute atomic E-state index is 13.6. The average molecular weight is 502 g/mol. The van der Waals surface area contributed by atoms with Gasteiger partial charge in [-0.2, -0.15) is 31.6 Å². The molecule has 0 aliphatic carbocycles. The Hall–Kier alpha value is -3.66. The standard InChI is InChI=1S/C22H20F6N4O3/c1-30-20(33)31-10-13-2-6-16(7-3-13)34-12-17-11-32(19(35-17)22(26,27)28)15-5-4-14(9-29)18(8-15)21(23,24)25/h2-8,17,19H,10-12H2,1H3,(H2,30,31,33). The summed E-state index contributed by atoms with van der Waals surface area (Å²) in [5, 5.41) is 13.9. The molecule has 1 aliphatic heterocycles. The number of alkyl halides is 6. The second-order valence-corrected chi connectivity index (χ2v) is 7.53. The lowest BCUT2D eigenvalue weighted by Gasteiger charge is -2.27. The Balaban J connectivity index is 1.71. The molecule has 35 heavy (non-hydrogen) atoms. The number of ether oxygens (including phenoxy) is 2. The fourth-order valence-corrected chi connectivity index (χ4v) is 3.41. The highest BCUT2D eigenvalue weighted by Crippen LogP contribution is 2.39. The van der Waals surface area contributed by atoms with Crippen molar-refractivity contribution >= 4 is 11.7 Å². The van der Waals surface area contributed by atoms with Crippen LogP contribution in [0.3, 0.4) is 0 Å². The van der Waals surface area contributed by atoms with Crippen molar-refractivity contribution in [3.8, 4) is 11.8 Å². The third kappa shape index (κ3) is 6.48. The Morgan fingerprint density at radius 3 is 2.43 bits per heavy atom. The maximum Gasteiger partial charge on any atom is 0.433 e. The van der Waals surface area contributed by atoms with Crippen LogP contribution in [0.5, 0.6) is 5.75 Å². The van der Waals surface area contributed by atoms with Gasteiger partial charge in [0.1, 0.15) is 18.5 Å². The van der Waals surface area contributed by atoms with Crippen molar-refractivity contribution < 1.29 is 40.6 Å². The number of amides is 2. The molecular formula is C22H20F6N4O3. The minimum atomic E-state index is -4.92. The fraction of sp³-hybridized carbons (Fsp3) is 0.364. The van der Waals surface area contributed by atoms with Crippen molar-refractivity contribution in [1.82, 2.24) is 10.6 Å². The number of nitriles is 1. The first-order valence-corrected chi connectivity index (χ1v) is 10.2. The normalized spacial score (nSPS) is 18.2. The van der Waals surface area contributed by atoms with Crippen LogP contribution in [0.2, 0.25) is 0 Å². The zero-order valence-electron chi connectivity index (χ0n) is 18.2. The molecule has 1 saturated heterocycles. The first kappa shape index (κ1) is 26.0. The summed E-state index contributed by atoms with van der Waals surface area (Å²) in [6.07, 6.45) is -13.4. The lowest BCUT2D eigenvalue weighted by molar-refractivity contribution is -0.215. The van der Waals surface area contributed by atoms with Gasteiger partial charge in [-0.05, 0) is 35.9 Å². The van der Waals surface area contributed by atoms with Crippen LogP contribution in [0.4, 0.5) is 36.8 Å². The van der Waals surface area contributed by atoms with Crippen LogP contribution in [-0.2, 0) is 17.5 Å². The molecule has 2 N–H and O–H groups in total. The van der Waals surface area contributed by atoms with Gasteiger partial charge < -0.3 is 25.0 Å². The van der Waals surface area contributed by atoms with Crippen molar-refractivity contribution in [2.24, 2.45) is 0 Å². The Kier molecular flexibility index (Phi) is 7.64. The van der Waals surface area contributed by atoms with Gasteiger partial charge in [0.2, 0.25) is 6.23 Å². The van der Waals surface area contributed by atoms with Gasteiger partial charge in [-0.25, -0.2) is 4.79 Å². The van der Waals surface area contributed by atoms with Gasteiger partial charge in [0.15, 0.2) is 0 Å². The third-order valence-corrected chi connectivity index (χ3v) is 5.08. The lowest BCUT2D eigenvalue weighted by atomic mass is 10.1. The van der Waals surface area contributed by atoms with Crippen molar-refractivity contribution in [1.29, 1.82) is 5.26 Å². The summed E-state index contributed by atoms with van der Waals surface area (Å²) in [6, 6.07) is 9.82. The van der Waals surface area contributed by atoms with Crippen LogP contribution in [-0.4, -0.2) is 44.7 Å². The third-order valence-electron chi connectivity index (χ3n) is 5.08. The molecule has 1 fully saturated rings. The first-order chi connectivity index (χ1) is 16.4. The van der Waals surface area contributed by atoms with E-state index in [9.17, 15) is 31.1 Å². The number of benzene rings is 2. The number of carbonyl (C=O) groups is 1. The van der Waals surface area contributed by atoms with E-state index in [1.165, 1.54) is 13.1 Å². The van der Waals surface area contributed by atoms with Crippen LogP contribution in [0.1, 0.15) is 16.7 Å². The van der Waals surface area contributed by atoms with Crippen LogP contribution >= 0.6 is 0 Å². The van der Waals surface area contributed by atoms with E-state index < -0.39 is 35.8 Å². The van der Waals surface area contributed by atoms with Gasteiger partial charge in [-0.1, -0.05) is 12.1 Å². The number of nitrogens with one attached hydrogen (secondary N) is 2. The van der Waals surface area contributed by atoms with E-state index in [2.05, 4.69) is 10.6 Å². The van der Waals surface area contributed by atoms with E-state index in [1.54, 1.807) is 24.3 Å². The molecular weight excluding hydrogens is 482 g/mol. The quantitative estimate of drug-likeness (QED) is 0.579. The first-order valence-electron chi connectivity index (χ1n) is 10.2. The Morgan fingerprint density at radius 1 is 1.17 bits per heavy atom. The largest absolute Gasteiger partial charge is 0.491 e. The summed E-state index contributed by atoms with van der Waals surface area (Å²) >= 11 is 0. The minimum Gasteiger partial charge on any atom is -0.491 e. The maximum atomic E-state index is 13.6. The smallest absolute Gasteiger partial charge is 0.433 e. The van der Waals surface area contributed by atoms with E-state index in [1.807, 2.05) is 0 Å². The number of urea groups is 1. The number of rotatable bonds is 6. The van der Waals surface area contributed by atoms with Crippen LogP contribution in [0.15, 0.2) is 42.5 Å². The second kappa shape index (κ2) is 10.3. The molecule has 2 aromatic rings. The molecule has 0 spiro atoms. The predicted molar refractivity (Wildman–Crippen MR) is 111 cm³/mol. The van der Waals surface area contributed by atoms with Crippen molar-refractivity contribution in [2.75, 3.05) is 25.1 Å². The average Bonchev–Trinajstić information content (AvgIpc) is 3.26. The van der Waals surface area contributed by atoms with Crippen LogP contribution in [0.25, 0.3) is 0 Å². The molecule has 0 aromatic heterocycles. The second-order valence-electron chi connectivity index (χ2n) is 7.53. The molecule has 0 saturated carbocycles. The number of halogens is 6. The van der Waals surface area contributed by atoms with E-state index in [0.717, 1.165) is 17.7 Å². The molecule has 2 aromatic carbocycles. The zero-order valence-corrected chi connectivity index (χ0v) is 18.2. The Morgan fingerprint density at radius 2 is 1.86 bits per heavy atom. The monoisotopic (exact) mass is 502 g/mol. The fourth-order valence-electron chi connectivity index (χ4n) is 3.41. The minimum absolute atomic E-state index is 0.248. The topological polar surface area (TPSA) is 86.6 Å². The Bertz CT molecular complexity index is 1080. The highest BCUT2D eigenvalue weighted by atomic mass is 19.4. The Labute approximate surface area is 196 Å².